The number of aliphatic imine (C=N–C) groups is 1. The average Bonchev–Trinajstić information content (AvgIpc) is 2.88. The number of nitrogens with zero attached hydrogens (tertiary/aromatic N) is 1. The van der Waals surface area contributed by atoms with Gasteiger partial charge in [0.1, 0.15) is 5.82 Å². The number of aryl methyl sites for hydroxylation is 1. The number of halogens is 3. The van der Waals surface area contributed by atoms with Gasteiger partial charge in [-0.3, -0.25) is 15.1 Å². The first-order valence-electron chi connectivity index (χ1n) is 13.2. The molecule has 38 heavy (non-hydrogen) atoms. The Labute approximate surface area is 225 Å². The van der Waals surface area contributed by atoms with E-state index in [1.165, 1.54) is 6.07 Å². The van der Waals surface area contributed by atoms with E-state index in [0.29, 0.717) is 18.5 Å². The zero-order valence-corrected chi connectivity index (χ0v) is 23.1. The molecule has 0 bridgehead atoms. The standard InChI is InChI=1S/C31H40F3N3O/c1-7-9-10-11-23(24-13-12-22(6)27(33)16-24)18-29(20(3)4)36-31(35-19-21(5)8-2)37-30(38)25-14-15-26(32)28(34)17-25/h10-17,21,23,29H,3,7-9,18-19H2,1-2,4-6H3,(H2,35,36,37,38)/b11-10+. The first-order chi connectivity index (χ1) is 18.0. The lowest BCUT2D eigenvalue weighted by atomic mass is 9.88. The zero-order valence-electron chi connectivity index (χ0n) is 23.1. The molecule has 0 heterocycles. The summed E-state index contributed by atoms with van der Waals surface area (Å²) in [7, 11) is 0. The first kappa shape index (κ1) is 30.9. The number of rotatable bonds is 12. The summed E-state index contributed by atoms with van der Waals surface area (Å²) in [4.78, 5) is 17.5. The van der Waals surface area contributed by atoms with Crippen LogP contribution in [0.1, 0.15) is 80.8 Å². The lowest BCUT2D eigenvalue weighted by Crippen LogP contribution is -2.47. The van der Waals surface area contributed by atoms with E-state index in [1.807, 2.05) is 13.0 Å². The highest BCUT2D eigenvalue weighted by Gasteiger charge is 2.21. The maximum Gasteiger partial charge on any atom is 0.258 e. The molecule has 0 aliphatic heterocycles. The maximum absolute atomic E-state index is 14.4. The lowest BCUT2D eigenvalue weighted by molar-refractivity contribution is 0.0975. The highest BCUT2D eigenvalue weighted by atomic mass is 19.2. The summed E-state index contributed by atoms with van der Waals surface area (Å²) in [5.41, 5.74) is 2.21. The third-order valence-corrected chi connectivity index (χ3v) is 6.51. The molecule has 1 amide bonds. The predicted octanol–water partition coefficient (Wildman–Crippen LogP) is 7.61. The van der Waals surface area contributed by atoms with Gasteiger partial charge in [-0.1, -0.05) is 70.0 Å². The minimum atomic E-state index is -1.10. The molecule has 0 aromatic heterocycles. The van der Waals surface area contributed by atoms with Crippen LogP contribution in [0.15, 0.2) is 65.7 Å². The van der Waals surface area contributed by atoms with Crippen LogP contribution < -0.4 is 10.6 Å². The SMILES string of the molecule is C=C(C)C(CC(/C=C/CCC)c1ccc(C)c(F)c1)NC(=NCC(C)CC)NC(=O)c1ccc(F)c(F)c1. The first-order valence-corrected chi connectivity index (χ1v) is 13.2. The van der Waals surface area contributed by atoms with E-state index in [9.17, 15) is 18.0 Å². The van der Waals surface area contributed by atoms with Crippen molar-refractivity contribution in [2.45, 2.75) is 72.3 Å². The van der Waals surface area contributed by atoms with Crippen LogP contribution in [-0.2, 0) is 0 Å². The molecule has 2 N–H and O–H groups in total. The van der Waals surface area contributed by atoms with Gasteiger partial charge in [-0.25, -0.2) is 13.2 Å². The molecule has 0 saturated heterocycles. The summed E-state index contributed by atoms with van der Waals surface area (Å²) in [6, 6.07) is 7.95. The Hall–Kier alpha value is -3.35. The quantitative estimate of drug-likeness (QED) is 0.170. The number of amides is 1. The molecule has 3 unspecified atom stereocenters. The van der Waals surface area contributed by atoms with Crippen LogP contribution in [0, 0.1) is 30.3 Å². The second-order valence-electron chi connectivity index (χ2n) is 9.90. The van der Waals surface area contributed by atoms with E-state index in [2.05, 4.69) is 55.1 Å². The molecule has 0 radical (unpaired) electrons. The third kappa shape index (κ3) is 9.51. The fraction of sp³-hybridized carbons (Fsp3) is 0.419. The molecule has 0 saturated carbocycles. The van der Waals surface area contributed by atoms with Crippen LogP contribution in [0.2, 0.25) is 0 Å². The van der Waals surface area contributed by atoms with Crippen molar-refractivity contribution >= 4 is 11.9 Å². The van der Waals surface area contributed by atoms with Gasteiger partial charge < -0.3 is 5.32 Å². The largest absolute Gasteiger partial charge is 0.350 e. The van der Waals surface area contributed by atoms with E-state index >= 15 is 0 Å². The van der Waals surface area contributed by atoms with Crippen LogP contribution in [0.4, 0.5) is 13.2 Å². The summed E-state index contributed by atoms with van der Waals surface area (Å²) in [6.45, 7) is 14.4. The Morgan fingerprint density at radius 1 is 1.08 bits per heavy atom. The number of unbranched alkanes of at least 4 members (excludes halogenated alkanes) is 1. The van der Waals surface area contributed by atoms with Gasteiger partial charge in [0.2, 0.25) is 0 Å². The van der Waals surface area contributed by atoms with E-state index in [0.717, 1.165) is 42.5 Å². The van der Waals surface area contributed by atoms with Gasteiger partial charge in [-0.2, -0.15) is 0 Å². The minimum Gasteiger partial charge on any atom is -0.350 e. The van der Waals surface area contributed by atoms with Crippen molar-refractivity contribution in [1.29, 1.82) is 0 Å². The van der Waals surface area contributed by atoms with Crippen molar-refractivity contribution in [3.8, 4) is 0 Å². The molecule has 7 heteroatoms. The Kier molecular flexibility index (Phi) is 12.3. The van der Waals surface area contributed by atoms with E-state index in [1.54, 1.807) is 19.1 Å². The zero-order chi connectivity index (χ0) is 28.2. The minimum absolute atomic E-state index is 0.0238. The molecule has 2 aromatic rings. The van der Waals surface area contributed by atoms with Crippen molar-refractivity contribution in [3.05, 3.63) is 94.8 Å². The van der Waals surface area contributed by atoms with E-state index in [-0.39, 0.29) is 35.2 Å². The topological polar surface area (TPSA) is 53.5 Å². The molecular formula is C31H40F3N3O. The predicted molar refractivity (Wildman–Crippen MR) is 150 cm³/mol. The number of hydrogen-bond donors (Lipinski definition) is 2. The fourth-order valence-electron chi connectivity index (χ4n) is 3.71. The van der Waals surface area contributed by atoms with Gasteiger partial charge in [0, 0.05) is 18.0 Å². The molecule has 4 nitrogen and oxygen atoms in total. The normalized spacial score (nSPS) is 14.3. The van der Waals surface area contributed by atoms with Crippen LogP contribution in [0.25, 0.3) is 0 Å². The Bertz CT molecular complexity index is 1160. The average molecular weight is 528 g/mol. The van der Waals surface area contributed by atoms with Gasteiger partial charge in [0.25, 0.3) is 5.91 Å². The van der Waals surface area contributed by atoms with Gasteiger partial charge in [-0.05, 0) is 68.0 Å². The molecule has 3 atom stereocenters. The van der Waals surface area contributed by atoms with Crippen molar-refractivity contribution in [2.75, 3.05) is 6.54 Å². The second-order valence-corrected chi connectivity index (χ2v) is 9.90. The van der Waals surface area contributed by atoms with Crippen LogP contribution >= 0.6 is 0 Å². The second kappa shape index (κ2) is 15.2. The van der Waals surface area contributed by atoms with Gasteiger partial charge >= 0.3 is 0 Å². The lowest BCUT2D eigenvalue weighted by Gasteiger charge is -2.26. The number of guanidine groups is 1. The maximum atomic E-state index is 14.4. The number of carbonyl (C=O) groups is 1. The highest BCUT2D eigenvalue weighted by molar-refractivity contribution is 6.05. The molecular weight excluding hydrogens is 487 g/mol. The van der Waals surface area contributed by atoms with Gasteiger partial charge in [-0.15, -0.1) is 0 Å². The van der Waals surface area contributed by atoms with E-state index in [4.69, 9.17) is 0 Å². The summed E-state index contributed by atoms with van der Waals surface area (Å²) < 4.78 is 41.5. The Morgan fingerprint density at radius 3 is 2.42 bits per heavy atom. The number of allylic oxidation sites excluding steroid dienone is 2. The van der Waals surface area contributed by atoms with Gasteiger partial charge in [0.15, 0.2) is 17.6 Å². The highest BCUT2D eigenvalue weighted by Crippen LogP contribution is 2.27. The Balaban J connectivity index is 2.34. The molecule has 0 aliphatic carbocycles. The molecule has 2 aromatic carbocycles. The Morgan fingerprint density at radius 2 is 1.82 bits per heavy atom. The molecule has 2 rings (SSSR count). The van der Waals surface area contributed by atoms with Crippen molar-refractivity contribution in [3.63, 3.8) is 0 Å². The fourth-order valence-corrected chi connectivity index (χ4v) is 3.71. The van der Waals surface area contributed by atoms with Crippen LogP contribution in [0.5, 0.6) is 0 Å². The smallest absolute Gasteiger partial charge is 0.258 e. The number of hydrogen-bond acceptors (Lipinski definition) is 2. The molecule has 206 valence electrons. The molecule has 0 aliphatic rings. The monoisotopic (exact) mass is 527 g/mol. The summed E-state index contributed by atoms with van der Waals surface area (Å²) in [5.74, 6) is -2.61. The van der Waals surface area contributed by atoms with Crippen LogP contribution in [-0.4, -0.2) is 24.5 Å². The summed E-state index contributed by atoms with van der Waals surface area (Å²) in [6.07, 6.45) is 7.53. The number of benzene rings is 2. The number of nitrogens with one attached hydrogen (secondary N) is 2. The third-order valence-electron chi connectivity index (χ3n) is 6.51. The molecule has 0 fully saturated rings. The summed E-state index contributed by atoms with van der Waals surface area (Å²) >= 11 is 0. The number of carbonyl (C=O) groups excluding carboxylic acids is 1. The van der Waals surface area contributed by atoms with E-state index < -0.39 is 17.5 Å². The van der Waals surface area contributed by atoms with Crippen molar-refractivity contribution in [2.24, 2.45) is 10.9 Å². The molecule has 0 spiro atoms. The van der Waals surface area contributed by atoms with Crippen molar-refractivity contribution in [1.82, 2.24) is 10.6 Å². The van der Waals surface area contributed by atoms with Crippen molar-refractivity contribution < 1.29 is 18.0 Å². The summed E-state index contributed by atoms with van der Waals surface area (Å²) in [5, 5.41) is 6.02. The van der Waals surface area contributed by atoms with Crippen LogP contribution in [0.3, 0.4) is 0 Å². The van der Waals surface area contributed by atoms with Gasteiger partial charge in [0.05, 0.1) is 6.04 Å².